The van der Waals surface area contributed by atoms with Crippen LogP contribution < -0.4 is 9.62 Å². The van der Waals surface area contributed by atoms with Crippen molar-refractivity contribution in [2.75, 3.05) is 18.0 Å². The van der Waals surface area contributed by atoms with Gasteiger partial charge in [0.25, 0.3) is 0 Å². The highest BCUT2D eigenvalue weighted by Crippen LogP contribution is 2.23. The zero-order valence-corrected chi connectivity index (χ0v) is 15.8. The molecule has 0 aliphatic carbocycles. The summed E-state index contributed by atoms with van der Waals surface area (Å²) in [7, 11) is -3.52. The third-order valence-electron chi connectivity index (χ3n) is 4.02. The highest BCUT2D eigenvalue weighted by atomic mass is 35.5. The topological polar surface area (TPSA) is 75.7 Å². The molecule has 1 atom stereocenters. The average Bonchev–Trinajstić information content (AvgIpc) is 2.97. The number of aryl methyl sites for hydroxylation is 1. The summed E-state index contributed by atoms with van der Waals surface area (Å²) in [6.07, 6.45) is -1.05. The molecule has 1 N–H and O–H groups in total. The van der Waals surface area contributed by atoms with Crippen LogP contribution in [0.15, 0.2) is 48.5 Å². The van der Waals surface area contributed by atoms with E-state index in [4.69, 9.17) is 16.3 Å². The summed E-state index contributed by atoms with van der Waals surface area (Å²) < 4.78 is 32.2. The molecule has 26 heavy (non-hydrogen) atoms. The average molecular weight is 395 g/mol. The number of sulfonamides is 1. The summed E-state index contributed by atoms with van der Waals surface area (Å²) in [4.78, 5) is 13.5. The van der Waals surface area contributed by atoms with Gasteiger partial charge in [0.05, 0.1) is 12.3 Å². The fourth-order valence-corrected chi connectivity index (χ4v) is 3.93. The van der Waals surface area contributed by atoms with E-state index >= 15 is 0 Å². The molecule has 138 valence electrons. The zero-order chi connectivity index (χ0) is 18.7. The molecule has 0 saturated carbocycles. The first-order chi connectivity index (χ1) is 12.3. The van der Waals surface area contributed by atoms with Crippen molar-refractivity contribution in [3.05, 3.63) is 64.7 Å². The Morgan fingerprint density at radius 3 is 2.46 bits per heavy atom. The Morgan fingerprint density at radius 1 is 1.15 bits per heavy atom. The van der Waals surface area contributed by atoms with Crippen LogP contribution in [0.2, 0.25) is 5.02 Å². The van der Waals surface area contributed by atoms with Gasteiger partial charge in [0, 0.05) is 17.3 Å². The van der Waals surface area contributed by atoms with Crippen LogP contribution in [0.3, 0.4) is 0 Å². The maximum Gasteiger partial charge on any atom is 0.414 e. The van der Waals surface area contributed by atoms with Crippen molar-refractivity contribution in [3.63, 3.8) is 0 Å². The number of ether oxygens (including phenoxy) is 1. The number of nitrogens with one attached hydrogen (secondary N) is 1. The maximum absolute atomic E-state index is 12.2. The second-order valence-electron chi connectivity index (χ2n) is 6.19. The van der Waals surface area contributed by atoms with Crippen molar-refractivity contribution >= 4 is 33.4 Å². The fraction of sp³-hybridized carbons (Fsp3) is 0.278. The molecule has 0 aromatic heterocycles. The van der Waals surface area contributed by atoms with Crippen LogP contribution in [-0.2, 0) is 20.5 Å². The lowest BCUT2D eigenvalue weighted by Crippen LogP contribution is -2.35. The second-order valence-corrected chi connectivity index (χ2v) is 8.43. The van der Waals surface area contributed by atoms with E-state index in [1.54, 1.807) is 36.4 Å². The molecule has 1 unspecified atom stereocenters. The summed E-state index contributed by atoms with van der Waals surface area (Å²) in [5.74, 6) is -0.116. The van der Waals surface area contributed by atoms with E-state index in [0.717, 1.165) is 5.56 Å². The van der Waals surface area contributed by atoms with Gasteiger partial charge in [-0.25, -0.2) is 17.9 Å². The molecule has 1 heterocycles. The zero-order valence-electron chi connectivity index (χ0n) is 14.2. The molecule has 0 radical (unpaired) electrons. The first-order valence-electron chi connectivity index (χ1n) is 8.09. The lowest BCUT2D eigenvalue weighted by molar-refractivity contribution is 0.143. The minimum Gasteiger partial charge on any atom is -0.443 e. The standard InChI is InChI=1S/C18H19ClN2O4S/c1-13-2-4-14(5-3-13)12-26(23,24)20-10-17-11-21(18(22)25-17)16-8-6-15(19)7-9-16/h2-9,17,20H,10-12H2,1H3. The minimum atomic E-state index is -3.52. The predicted molar refractivity (Wildman–Crippen MR) is 101 cm³/mol. The molecule has 6 nitrogen and oxygen atoms in total. The summed E-state index contributed by atoms with van der Waals surface area (Å²) in [6.45, 7) is 2.24. The van der Waals surface area contributed by atoms with Crippen molar-refractivity contribution in [2.45, 2.75) is 18.8 Å². The van der Waals surface area contributed by atoms with Gasteiger partial charge in [-0.05, 0) is 36.8 Å². The molecule has 1 amide bonds. The molecule has 2 aromatic rings. The number of rotatable bonds is 6. The number of carbonyl (C=O) groups is 1. The van der Waals surface area contributed by atoms with Crippen molar-refractivity contribution < 1.29 is 17.9 Å². The van der Waals surface area contributed by atoms with Crippen LogP contribution >= 0.6 is 11.6 Å². The minimum absolute atomic E-state index is 0.0318. The molecule has 1 aliphatic heterocycles. The Bertz CT molecular complexity index is 882. The number of anilines is 1. The fourth-order valence-electron chi connectivity index (χ4n) is 2.63. The first kappa shape index (κ1) is 18.7. The van der Waals surface area contributed by atoms with E-state index in [1.807, 2.05) is 19.1 Å². The van der Waals surface area contributed by atoms with Gasteiger partial charge in [-0.2, -0.15) is 0 Å². The summed E-state index contributed by atoms with van der Waals surface area (Å²) in [5.41, 5.74) is 2.43. The van der Waals surface area contributed by atoms with Gasteiger partial charge in [-0.3, -0.25) is 4.90 Å². The van der Waals surface area contributed by atoms with E-state index in [9.17, 15) is 13.2 Å². The largest absolute Gasteiger partial charge is 0.443 e. The van der Waals surface area contributed by atoms with E-state index in [0.29, 0.717) is 16.3 Å². The summed E-state index contributed by atoms with van der Waals surface area (Å²) in [6, 6.07) is 14.1. The Kier molecular flexibility index (Phi) is 5.50. The van der Waals surface area contributed by atoms with Gasteiger partial charge in [0.15, 0.2) is 0 Å². The van der Waals surface area contributed by atoms with Gasteiger partial charge in [0.2, 0.25) is 10.0 Å². The number of cyclic esters (lactones) is 1. The SMILES string of the molecule is Cc1ccc(CS(=O)(=O)NCC2CN(c3ccc(Cl)cc3)C(=O)O2)cc1. The van der Waals surface area contributed by atoms with Crippen LogP contribution in [0.1, 0.15) is 11.1 Å². The van der Waals surface area contributed by atoms with Crippen molar-refractivity contribution in [3.8, 4) is 0 Å². The molecule has 1 fully saturated rings. The van der Waals surface area contributed by atoms with Gasteiger partial charge < -0.3 is 4.74 Å². The lowest BCUT2D eigenvalue weighted by Gasteiger charge is -2.13. The normalized spacial score (nSPS) is 17.4. The second kappa shape index (κ2) is 7.65. The molecule has 1 aliphatic rings. The molecule has 3 rings (SSSR count). The molecule has 0 bridgehead atoms. The number of carbonyl (C=O) groups excluding carboxylic acids is 1. The Hall–Kier alpha value is -2.09. The third kappa shape index (κ3) is 4.75. The van der Waals surface area contributed by atoms with Crippen LogP contribution in [0.25, 0.3) is 0 Å². The van der Waals surface area contributed by atoms with Crippen LogP contribution in [-0.4, -0.2) is 33.7 Å². The van der Waals surface area contributed by atoms with Gasteiger partial charge >= 0.3 is 6.09 Å². The molecular weight excluding hydrogens is 376 g/mol. The van der Waals surface area contributed by atoms with Crippen LogP contribution in [0, 0.1) is 6.92 Å². The summed E-state index contributed by atoms with van der Waals surface area (Å²) >= 11 is 5.85. The van der Waals surface area contributed by atoms with E-state index in [1.165, 1.54) is 4.90 Å². The smallest absolute Gasteiger partial charge is 0.414 e. The predicted octanol–water partition coefficient (Wildman–Crippen LogP) is 3.09. The van der Waals surface area contributed by atoms with E-state index in [2.05, 4.69) is 4.72 Å². The molecule has 2 aromatic carbocycles. The number of nitrogens with zero attached hydrogens (tertiary/aromatic N) is 1. The summed E-state index contributed by atoms with van der Waals surface area (Å²) in [5, 5.41) is 0.571. The Labute approximate surface area is 157 Å². The van der Waals surface area contributed by atoms with Crippen molar-refractivity contribution in [1.82, 2.24) is 4.72 Å². The monoisotopic (exact) mass is 394 g/mol. The van der Waals surface area contributed by atoms with Crippen molar-refractivity contribution in [2.24, 2.45) is 0 Å². The van der Waals surface area contributed by atoms with E-state index in [-0.39, 0.29) is 18.8 Å². The van der Waals surface area contributed by atoms with Gasteiger partial charge in [-0.15, -0.1) is 0 Å². The third-order valence-corrected chi connectivity index (χ3v) is 5.59. The number of halogens is 1. The molecule has 0 spiro atoms. The molecular formula is C18H19ClN2O4S. The van der Waals surface area contributed by atoms with Gasteiger partial charge in [0.1, 0.15) is 6.10 Å². The molecule has 1 saturated heterocycles. The van der Waals surface area contributed by atoms with Crippen molar-refractivity contribution in [1.29, 1.82) is 0 Å². The molecule has 8 heteroatoms. The van der Waals surface area contributed by atoms with Gasteiger partial charge in [-0.1, -0.05) is 41.4 Å². The Morgan fingerprint density at radius 2 is 1.81 bits per heavy atom. The number of amides is 1. The number of hydrogen-bond donors (Lipinski definition) is 1. The van der Waals surface area contributed by atoms with Crippen LogP contribution in [0.4, 0.5) is 10.5 Å². The van der Waals surface area contributed by atoms with E-state index < -0.39 is 22.2 Å². The number of hydrogen-bond acceptors (Lipinski definition) is 4. The highest BCUT2D eigenvalue weighted by molar-refractivity contribution is 7.88. The lowest BCUT2D eigenvalue weighted by atomic mass is 10.2. The Balaban J connectivity index is 1.57. The quantitative estimate of drug-likeness (QED) is 0.816. The number of benzene rings is 2. The highest BCUT2D eigenvalue weighted by Gasteiger charge is 2.33. The first-order valence-corrected chi connectivity index (χ1v) is 10.1. The maximum atomic E-state index is 12.2. The van der Waals surface area contributed by atoms with Crippen LogP contribution in [0.5, 0.6) is 0 Å².